The van der Waals surface area contributed by atoms with Crippen molar-refractivity contribution in [1.29, 1.82) is 0 Å². The Hall–Kier alpha value is -2.77. The Morgan fingerprint density at radius 3 is 3.00 bits per heavy atom. The van der Waals surface area contributed by atoms with E-state index in [0.717, 1.165) is 25.5 Å². The van der Waals surface area contributed by atoms with Gasteiger partial charge < -0.3 is 23.9 Å². The molecule has 0 radical (unpaired) electrons. The molecule has 1 fully saturated rings. The molecule has 0 aromatic carbocycles. The van der Waals surface area contributed by atoms with Gasteiger partial charge in [0.05, 0.1) is 26.0 Å². The zero-order valence-electron chi connectivity index (χ0n) is 16.3. The molecule has 0 aliphatic carbocycles. The summed E-state index contributed by atoms with van der Waals surface area (Å²) in [6.45, 7) is 6.29. The summed E-state index contributed by atoms with van der Waals surface area (Å²) in [6, 6.07) is 2.07. The van der Waals surface area contributed by atoms with Gasteiger partial charge in [0.25, 0.3) is 0 Å². The molecule has 1 saturated heterocycles. The van der Waals surface area contributed by atoms with Crippen molar-refractivity contribution in [2.45, 2.75) is 32.9 Å². The van der Waals surface area contributed by atoms with Crippen molar-refractivity contribution in [2.75, 3.05) is 27.2 Å². The van der Waals surface area contributed by atoms with Crippen molar-refractivity contribution in [3.05, 3.63) is 41.9 Å². The van der Waals surface area contributed by atoms with E-state index >= 15 is 0 Å². The molecule has 0 amide bonds. The van der Waals surface area contributed by atoms with Crippen LogP contribution in [0, 0.1) is 12.8 Å². The maximum Gasteiger partial charge on any atom is 0.341 e. The molecule has 1 N–H and O–H groups in total. The summed E-state index contributed by atoms with van der Waals surface area (Å²) in [5, 5.41) is 3.34. The predicted octanol–water partition coefficient (Wildman–Crippen LogP) is 2.23. The van der Waals surface area contributed by atoms with Crippen molar-refractivity contribution in [3.8, 4) is 0 Å². The van der Waals surface area contributed by atoms with Gasteiger partial charge in [-0.3, -0.25) is 4.99 Å². The highest BCUT2D eigenvalue weighted by molar-refractivity contribution is 5.90. The number of guanidine groups is 1. The van der Waals surface area contributed by atoms with Crippen molar-refractivity contribution in [2.24, 2.45) is 10.9 Å². The van der Waals surface area contributed by atoms with Crippen LogP contribution in [0.15, 0.2) is 34.2 Å². The van der Waals surface area contributed by atoms with E-state index in [9.17, 15) is 4.79 Å². The number of carbonyl (C=O) groups excluding carboxylic acids is 1. The lowest BCUT2D eigenvalue weighted by Crippen LogP contribution is -2.48. The fraction of sp³-hybridized carbons (Fsp3) is 0.526. The summed E-state index contributed by atoms with van der Waals surface area (Å²) in [7, 11) is 3.14. The van der Waals surface area contributed by atoms with Crippen LogP contribution in [0.5, 0.6) is 0 Å². The maximum atomic E-state index is 11.7. The molecule has 2 atom stereocenters. The SMILES string of the molecule is CN=C(NCc1cc(C(=O)OC)c(C)o1)N1CCC(C)C(n2ccnc2)C1. The molecule has 8 nitrogen and oxygen atoms in total. The number of carbonyl (C=O) groups is 1. The van der Waals surface area contributed by atoms with Gasteiger partial charge in [0, 0.05) is 32.5 Å². The van der Waals surface area contributed by atoms with Gasteiger partial charge in [0.2, 0.25) is 0 Å². The molecule has 1 aliphatic heterocycles. The summed E-state index contributed by atoms with van der Waals surface area (Å²) in [5.41, 5.74) is 0.455. The van der Waals surface area contributed by atoms with Crippen molar-refractivity contribution < 1.29 is 13.9 Å². The Morgan fingerprint density at radius 1 is 1.52 bits per heavy atom. The van der Waals surface area contributed by atoms with Crippen LogP contribution >= 0.6 is 0 Å². The van der Waals surface area contributed by atoms with Crippen LogP contribution in [0.25, 0.3) is 0 Å². The second-order valence-electron chi connectivity index (χ2n) is 6.86. The molecule has 27 heavy (non-hydrogen) atoms. The number of esters is 1. The van der Waals surface area contributed by atoms with E-state index in [2.05, 4.69) is 31.7 Å². The van der Waals surface area contributed by atoms with Gasteiger partial charge in [-0.05, 0) is 25.3 Å². The second-order valence-corrected chi connectivity index (χ2v) is 6.86. The summed E-state index contributed by atoms with van der Waals surface area (Å²) in [6.07, 6.45) is 6.79. The highest BCUT2D eigenvalue weighted by atomic mass is 16.5. The molecule has 2 aromatic rings. The van der Waals surface area contributed by atoms with E-state index in [1.54, 1.807) is 20.0 Å². The molecular formula is C19H27N5O3. The first-order valence-corrected chi connectivity index (χ1v) is 9.14. The highest BCUT2D eigenvalue weighted by Gasteiger charge is 2.29. The highest BCUT2D eigenvalue weighted by Crippen LogP contribution is 2.27. The largest absolute Gasteiger partial charge is 0.465 e. The van der Waals surface area contributed by atoms with E-state index < -0.39 is 0 Å². The van der Waals surface area contributed by atoms with Crippen molar-refractivity contribution >= 4 is 11.9 Å². The van der Waals surface area contributed by atoms with Gasteiger partial charge in [-0.2, -0.15) is 0 Å². The van der Waals surface area contributed by atoms with Crippen LogP contribution in [-0.4, -0.2) is 53.6 Å². The Morgan fingerprint density at radius 2 is 2.33 bits per heavy atom. The quantitative estimate of drug-likeness (QED) is 0.503. The molecule has 146 valence electrons. The summed E-state index contributed by atoms with van der Waals surface area (Å²) in [4.78, 5) is 22.6. The van der Waals surface area contributed by atoms with E-state index in [1.807, 2.05) is 18.7 Å². The van der Waals surface area contributed by atoms with Crippen LogP contribution in [0.2, 0.25) is 0 Å². The Kier molecular flexibility index (Phi) is 5.83. The first kappa shape index (κ1) is 19.0. The number of likely N-dealkylation sites (tertiary alicyclic amines) is 1. The van der Waals surface area contributed by atoms with Gasteiger partial charge in [-0.25, -0.2) is 9.78 Å². The van der Waals surface area contributed by atoms with Crippen LogP contribution in [0.4, 0.5) is 0 Å². The third kappa shape index (κ3) is 4.15. The molecule has 1 aliphatic rings. The number of aromatic nitrogens is 2. The first-order chi connectivity index (χ1) is 13.0. The number of hydrogen-bond donors (Lipinski definition) is 1. The number of aryl methyl sites for hydroxylation is 1. The minimum absolute atomic E-state index is 0.358. The molecular weight excluding hydrogens is 346 g/mol. The minimum atomic E-state index is -0.389. The number of imidazole rings is 1. The number of aliphatic imine (C=N–C) groups is 1. The average Bonchev–Trinajstić information content (AvgIpc) is 3.32. The lowest BCUT2D eigenvalue weighted by atomic mass is 9.93. The van der Waals surface area contributed by atoms with Crippen LogP contribution in [0.1, 0.15) is 41.3 Å². The standard InChI is InChI=1S/C19H27N5O3/c1-13-5-7-23(11-17(13)24-8-6-21-12-24)19(20-3)22-10-15-9-16(14(2)27-15)18(25)26-4/h6,8-9,12-13,17H,5,7,10-11H2,1-4H3,(H,20,22). The fourth-order valence-electron chi connectivity index (χ4n) is 3.54. The molecule has 2 aromatic heterocycles. The second kappa shape index (κ2) is 8.28. The number of rotatable bonds is 4. The normalized spacial score (nSPS) is 20.6. The van der Waals surface area contributed by atoms with E-state index in [1.165, 1.54) is 7.11 Å². The number of ether oxygens (including phenoxy) is 1. The van der Waals surface area contributed by atoms with E-state index in [4.69, 9.17) is 9.15 Å². The van der Waals surface area contributed by atoms with E-state index in [0.29, 0.717) is 35.6 Å². The van der Waals surface area contributed by atoms with Crippen LogP contribution in [0.3, 0.4) is 0 Å². The maximum absolute atomic E-state index is 11.7. The van der Waals surface area contributed by atoms with Gasteiger partial charge in [-0.15, -0.1) is 0 Å². The summed E-state index contributed by atoms with van der Waals surface area (Å²) >= 11 is 0. The number of nitrogens with zero attached hydrogens (tertiary/aromatic N) is 4. The first-order valence-electron chi connectivity index (χ1n) is 9.14. The Labute approximate surface area is 159 Å². The third-order valence-electron chi connectivity index (χ3n) is 5.13. The van der Waals surface area contributed by atoms with Gasteiger partial charge in [-0.1, -0.05) is 6.92 Å². The number of hydrogen-bond acceptors (Lipinski definition) is 5. The minimum Gasteiger partial charge on any atom is -0.465 e. The molecule has 2 unspecified atom stereocenters. The smallest absolute Gasteiger partial charge is 0.341 e. The third-order valence-corrected chi connectivity index (χ3v) is 5.13. The van der Waals surface area contributed by atoms with Crippen molar-refractivity contribution in [3.63, 3.8) is 0 Å². The summed E-state index contributed by atoms with van der Waals surface area (Å²) in [5.74, 6) is 2.23. The predicted molar refractivity (Wildman–Crippen MR) is 102 cm³/mol. The van der Waals surface area contributed by atoms with Crippen molar-refractivity contribution in [1.82, 2.24) is 19.8 Å². The average molecular weight is 373 g/mol. The molecule has 3 heterocycles. The molecule has 3 rings (SSSR count). The Balaban J connectivity index is 1.65. The fourth-order valence-corrected chi connectivity index (χ4v) is 3.54. The lowest BCUT2D eigenvalue weighted by Gasteiger charge is -2.39. The zero-order valence-corrected chi connectivity index (χ0v) is 16.3. The van der Waals surface area contributed by atoms with E-state index in [-0.39, 0.29) is 5.97 Å². The van der Waals surface area contributed by atoms with Crippen LogP contribution < -0.4 is 5.32 Å². The molecule has 0 bridgehead atoms. The topological polar surface area (TPSA) is 84.9 Å². The monoisotopic (exact) mass is 373 g/mol. The molecule has 0 spiro atoms. The number of nitrogens with one attached hydrogen (secondary N) is 1. The Bertz CT molecular complexity index is 796. The lowest BCUT2D eigenvalue weighted by molar-refractivity contribution is 0.0599. The molecule has 8 heteroatoms. The van der Waals surface area contributed by atoms with Gasteiger partial charge in [0.15, 0.2) is 5.96 Å². The summed E-state index contributed by atoms with van der Waals surface area (Å²) < 4.78 is 12.6. The number of furan rings is 1. The van der Waals surface area contributed by atoms with Crippen LogP contribution in [-0.2, 0) is 11.3 Å². The number of piperidine rings is 1. The molecule has 0 saturated carbocycles. The van der Waals surface area contributed by atoms with Gasteiger partial charge in [0.1, 0.15) is 17.1 Å². The van der Waals surface area contributed by atoms with Gasteiger partial charge >= 0.3 is 5.97 Å². The zero-order chi connectivity index (χ0) is 19.4. The number of methoxy groups -OCH3 is 1.